The molecule has 1 aromatic heterocycles. The van der Waals surface area contributed by atoms with E-state index in [1.165, 1.54) is 15.3 Å². The molecule has 2 aromatic carbocycles. The maximum absolute atomic E-state index is 13.1. The van der Waals surface area contributed by atoms with Crippen LogP contribution < -0.4 is 0 Å². The van der Waals surface area contributed by atoms with Crippen LogP contribution in [0.2, 0.25) is 0 Å². The van der Waals surface area contributed by atoms with Crippen molar-refractivity contribution in [2.75, 3.05) is 26.2 Å². The molecule has 0 radical (unpaired) electrons. The van der Waals surface area contributed by atoms with Crippen molar-refractivity contribution >= 4 is 10.0 Å². The van der Waals surface area contributed by atoms with E-state index in [-0.39, 0.29) is 4.90 Å². The van der Waals surface area contributed by atoms with Crippen molar-refractivity contribution in [3.05, 3.63) is 66.0 Å². The van der Waals surface area contributed by atoms with E-state index >= 15 is 0 Å². The Morgan fingerprint density at radius 3 is 2.45 bits per heavy atom. The Labute approximate surface area is 168 Å². The van der Waals surface area contributed by atoms with Crippen LogP contribution in [0.4, 0.5) is 0 Å². The zero-order valence-electron chi connectivity index (χ0n) is 15.6. The number of piperazine rings is 1. The number of rotatable bonds is 5. The first-order chi connectivity index (χ1) is 14.1. The summed E-state index contributed by atoms with van der Waals surface area (Å²) in [6.07, 6.45) is 1.42. The first-order valence-electron chi connectivity index (χ1n) is 9.11. The molecule has 0 N–H and O–H groups in total. The molecule has 0 unspecified atom stereocenters. The Morgan fingerprint density at radius 1 is 1.03 bits per heavy atom. The number of sulfonamides is 1. The van der Waals surface area contributed by atoms with Crippen LogP contribution in [0.1, 0.15) is 11.1 Å². The van der Waals surface area contributed by atoms with Crippen LogP contribution in [0, 0.1) is 11.3 Å². The van der Waals surface area contributed by atoms with Crippen LogP contribution in [-0.4, -0.2) is 64.0 Å². The van der Waals surface area contributed by atoms with Crippen LogP contribution >= 0.6 is 0 Å². The van der Waals surface area contributed by atoms with Crippen LogP contribution in [0.5, 0.6) is 0 Å². The van der Waals surface area contributed by atoms with E-state index in [1.807, 2.05) is 12.1 Å². The van der Waals surface area contributed by atoms with Crippen molar-refractivity contribution in [3.63, 3.8) is 0 Å². The molecule has 4 rings (SSSR count). The predicted octanol–water partition coefficient (Wildman–Crippen LogP) is 1.04. The highest BCUT2D eigenvalue weighted by Gasteiger charge is 2.28. The first-order valence-corrected chi connectivity index (χ1v) is 10.6. The van der Waals surface area contributed by atoms with Gasteiger partial charge in [-0.25, -0.2) is 13.1 Å². The van der Waals surface area contributed by atoms with Gasteiger partial charge in [0.2, 0.25) is 10.0 Å². The number of hydrogen-bond donors (Lipinski definition) is 0. The summed E-state index contributed by atoms with van der Waals surface area (Å²) in [5, 5.41) is 19.9. The largest absolute Gasteiger partial charge is 0.296 e. The molecule has 0 spiro atoms. The number of tetrazole rings is 1. The van der Waals surface area contributed by atoms with E-state index in [0.29, 0.717) is 37.4 Å². The molecule has 29 heavy (non-hydrogen) atoms. The molecule has 9 nitrogen and oxygen atoms in total. The lowest BCUT2D eigenvalue weighted by atomic mass is 10.1. The highest BCUT2D eigenvalue weighted by molar-refractivity contribution is 7.89. The molecule has 1 aliphatic rings. The number of nitrogens with zero attached hydrogens (tertiary/aromatic N) is 7. The van der Waals surface area contributed by atoms with Gasteiger partial charge in [0, 0.05) is 32.7 Å². The highest BCUT2D eigenvalue weighted by atomic mass is 32.2. The van der Waals surface area contributed by atoms with E-state index in [0.717, 1.165) is 12.1 Å². The fourth-order valence-electron chi connectivity index (χ4n) is 3.29. The Morgan fingerprint density at radius 2 is 1.79 bits per heavy atom. The SMILES string of the molecule is N#Cc1ccc(CN2CCN(S(=O)(=O)c3cccc(-n4cnnn4)c3)CC2)cc1. The molecule has 1 saturated heterocycles. The Kier molecular flexibility index (Phi) is 5.35. The normalized spacial score (nSPS) is 15.8. The Bertz CT molecular complexity index is 1110. The van der Waals surface area contributed by atoms with Gasteiger partial charge in [0.15, 0.2) is 0 Å². The van der Waals surface area contributed by atoms with E-state index in [4.69, 9.17) is 5.26 Å². The molecular weight excluding hydrogens is 390 g/mol. The number of nitriles is 1. The number of aromatic nitrogens is 4. The van der Waals surface area contributed by atoms with Crippen LogP contribution in [0.15, 0.2) is 59.8 Å². The van der Waals surface area contributed by atoms with Gasteiger partial charge in [-0.3, -0.25) is 4.90 Å². The van der Waals surface area contributed by atoms with Crippen molar-refractivity contribution in [2.45, 2.75) is 11.4 Å². The van der Waals surface area contributed by atoms with Crippen molar-refractivity contribution in [1.29, 1.82) is 5.26 Å². The first kappa shape index (κ1) is 19.2. The minimum atomic E-state index is -3.59. The quantitative estimate of drug-likeness (QED) is 0.619. The lowest BCUT2D eigenvalue weighted by molar-refractivity contribution is 0.181. The van der Waals surface area contributed by atoms with E-state index < -0.39 is 10.0 Å². The zero-order chi connectivity index (χ0) is 20.3. The van der Waals surface area contributed by atoms with Gasteiger partial charge >= 0.3 is 0 Å². The molecule has 1 fully saturated rings. The third-order valence-corrected chi connectivity index (χ3v) is 6.78. The number of hydrogen-bond acceptors (Lipinski definition) is 7. The second-order valence-corrected chi connectivity index (χ2v) is 8.68. The summed E-state index contributed by atoms with van der Waals surface area (Å²) < 4.78 is 29.1. The van der Waals surface area contributed by atoms with Crippen molar-refractivity contribution in [2.24, 2.45) is 0 Å². The molecule has 0 atom stereocenters. The zero-order valence-corrected chi connectivity index (χ0v) is 16.4. The van der Waals surface area contributed by atoms with Gasteiger partial charge in [-0.15, -0.1) is 5.10 Å². The fraction of sp³-hybridized carbons (Fsp3) is 0.263. The van der Waals surface area contributed by atoms with Crippen LogP contribution in [0.3, 0.4) is 0 Å². The third-order valence-electron chi connectivity index (χ3n) is 4.89. The summed E-state index contributed by atoms with van der Waals surface area (Å²) in [6, 6.07) is 16.2. The molecule has 1 aliphatic heterocycles. The smallest absolute Gasteiger partial charge is 0.243 e. The van der Waals surface area contributed by atoms with Crippen LogP contribution in [0.25, 0.3) is 5.69 Å². The Hall–Kier alpha value is -3.13. The highest BCUT2D eigenvalue weighted by Crippen LogP contribution is 2.20. The lowest BCUT2D eigenvalue weighted by Crippen LogP contribution is -2.48. The molecule has 3 aromatic rings. The Balaban J connectivity index is 1.42. The van der Waals surface area contributed by atoms with Gasteiger partial charge in [-0.05, 0) is 46.3 Å². The van der Waals surface area contributed by atoms with Gasteiger partial charge < -0.3 is 0 Å². The topological polar surface area (TPSA) is 108 Å². The van der Waals surface area contributed by atoms with E-state index in [9.17, 15) is 8.42 Å². The molecule has 148 valence electrons. The fourth-order valence-corrected chi connectivity index (χ4v) is 4.75. The maximum atomic E-state index is 13.1. The van der Waals surface area contributed by atoms with Crippen molar-refractivity contribution in [3.8, 4) is 11.8 Å². The summed E-state index contributed by atoms with van der Waals surface area (Å²) in [6.45, 7) is 2.87. The van der Waals surface area contributed by atoms with Crippen molar-refractivity contribution < 1.29 is 8.42 Å². The monoisotopic (exact) mass is 409 g/mol. The molecular formula is C19H19N7O2S. The molecule has 10 heteroatoms. The molecule has 0 amide bonds. The minimum Gasteiger partial charge on any atom is -0.296 e. The van der Waals surface area contributed by atoms with Crippen LogP contribution in [-0.2, 0) is 16.6 Å². The van der Waals surface area contributed by atoms with Crippen molar-refractivity contribution in [1.82, 2.24) is 29.4 Å². The number of benzene rings is 2. The predicted molar refractivity (Wildman–Crippen MR) is 104 cm³/mol. The maximum Gasteiger partial charge on any atom is 0.243 e. The molecule has 0 bridgehead atoms. The van der Waals surface area contributed by atoms with Gasteiger partial charge in [-0.1, -0.05) is 18.2 Å². The summed E-state index contributed by atoms with van der Waals surface area (Å²) in [4.78, 5) is 2.44. The summed E-state index contributed by atoms with van der Waals surface area (Å²) in [5.74, 6) is 0. The summed E-state index contributed by atoms with van der Waals surface area (Å²) in [5.41, 5.74) is 2.33. The average molecular weight is 409 g/mol. The van der Waals surface area contributed by atoms with Gasteiger partial charge in [0.25, 0.3) is 0 Å². The minimum absolute atomic E-state index is 0.228. The second kappa shape index (κ2) is 8.08. The third kappa shape index (κ3) is 4.17. The second-order valence-electron chi connectivity index (χ2n) is 6.74. The van der Waals surface area contributed by atoms with E-state index in [1.54, 1.807) is 36.4 Å². The van der Waals surface area contributed by atoms with Gasteiger partial charge in [0.05, 0.1) is 22.2 Å². The molecule has 0 aliphatic carbocycles. The van der Waals surface area contributed by atoms with Gasteiger partial charge in [-0.2, -0.15) is 9.57 Å². The standard InChI is InChI=1S/C19H19N7O2S/c20-13-16-4-6-17(7-5-16)14-24-8-10-25(11-9-24)29(27,28)19-3-1-2-18(12-19)26-15-21-22-23-26/h1-7,12,15H,8-11,14H2. The van der Waals surface area contributed by atoms with Gasteiger partial charge in [0.1, 0.15) is 6.33 Å². The molecule has 2 heterocycles. The lowest BCUT2D eigenvalue weighted by Gasteiger charge is -2.34. The average Bonchev–Trinajstić information content (AvgIpc) is 3.30. The summed E-state index contributed by atoms with van der Waals surface area (Å²) >= 11 is 0. The summed E-state index contributed by atoms with van der Waals surface area (Å²) in [7, 11) is -3.59. The van der Waals surface area contributed by atoms with E-state index in [2.05, 4.69) is 26.5 Å². The molecule has 0 saturated carbocycles.